The van der Waals surface area contributed by atoms with E-state index in [0.717, 1.165) is 17.9 Å². The highest BCUT2D eigenvalue weighted by Gasteiger charge is 2.45. The van der Waals surface area contributed by atoms with Crippen molar-refractivity contribution >= 4 is 29.3 Å². The van der Waals surface area contributed by atoms with Gasteiger partial charge < -0.3 is 27.1 Å². The van der Waals surface area contributed by atoms with Gasteiger partial charge in [0.1, 0.15) is 0 Å². The Morgan fingerprint density at radius 2 is 0.692 bits per heavy atom. The Morgan fingerprint density at radius 3 is 0.808 bits per heavy atom. The van der Waals surface area contributed by atoms with Crippen molar-refractivity contribution < 1.29 is 12.4 Å². The first-order valence-corrected chi connectivity index (χ1v) is 9.02. The molecule has 0 heterocycles. The van der Waals surface area contributed by atoms with Crippen LogP contribution >= 0.6 is 0 Å². The van der Waals surface area contributed by atoms with Crippen molar-refractivity contribution in [3.05, 3.63) is 0 Å². The average molecular weight is 410 g/mol. The zero-order valence-corrected chi connectivity index (χ0v) is 19.9. The second-order valence-corrected chi connectivity index (χ2v) is 8.12. The van der Waals surface area contributed by atoms with Crippen molar-refractivity contribution in [3.8, 4) is 0 Å². The molecule has 0 saturated heterocycles. The van der Waals surface area contributed by atoms with Crippen LogP contribution < -0.4 is 12.4 Å². The summed E-state index contributed by atoms with van der Waals surface area (Å²) in [7, 11) is 23.4. The molecule has 154 valence electrons. The highest BCUT2D eigenvalue weighted by Crippen LogP contribution is 2.17. The third-order valence-electron chi connectivity index (χ3n) is 3.38. The summed E-state index contributed by atoms with van der Waals surface area (Å²) in [4.78, 5) is 19.3. The summed E-state index contributed by atoms with van der Waals surface area (Å²) in [5.41, 5.74) is 0. The van der Waals surface area contributed by atoms with Gasteiger partial charge in [0.05, 0.1) is 21.1 Å². The largest absolute Gasteiger partial charge is 1.00 e. The smallest absolute Gasteiger partial charge is 0.361 e. The number of hydrogen-bond donors (Lipinski definition) is 0. The summed E-state index contributed by atoms with van der Waals surface area (Å²) in [6.45, 7) is 0. The summed E-state index contributed by atoms with van der Waals surface area (Å²) in [5.74, 6) is 2.60. The van der Waals surface area contributed by atoms with Crippen LogP contribution in [0.25, 0.3) is 0 Å². The van der Waals surface area contributed by atoms with Gasteiger partial charge in [0.25, 0.3) is 0 Å². The van der Waals surface area contributed by atoms with E-state index in [4.69, 9.17) is 0 Å². The summed E-state index contributed by atoms with van der Waals surface area (Å²) in [6.07, 6.45) is 0. The third-order valence-corrected chi connectivity index (χ3v) is 5.34. The summed E-state index contributed by atoms with van der Waals surface area (Å²) in [6, 6.07) is 0. The van der Waals surface area contributed by atoms with Gasteiger partial charge in [-0.1, -0.05) is 0 Å². The standard InChI is InChI=1S/C15H36N9S.ClH/c1-16-13(19(4)5)22(10)25(23(11)14(17-2)20(6)7)24(12)15(18-3)21(8)9;/h1-12H3;1H/q+1;/p-1. The van der Waals surface area contributed by atoms with Crippen molar-refractivity contribution in [3.63, 3.8) is 0 Å². The van der Waals surface area contributed by atoms with Gasteiger partial charge in [-0.25, -0.2) is 0 Å². The van der Waals surface area contributed by atoms with E-state index < -0.39 is 11.5 Å². The first-order valence-electron chi connectivity index (χ1n) is 7.93. The second kappa shape index (κ2) is 11.9. The monoisotopic (exact) mass is 409 g/mol. The molecule has 0 amide bonds. The van der Waals surface area contributed by atoms with Crippen LogP contribution in [0.2, 0.25) is 0 Å². The number of halogens is 1. The van der Waals surface area contributed by atoms with Gasteiger partial charge in [-0.05, 0) is 0 Å². The number of rotatable bonds is 3. The molecule has 9 nitrogen and oxygen atoms in total. The number of hydrogen-bond acceptors (Lipinski definition) is 3. The Morgan fingerprint density at radius 1 is 0.500 bits per heavy atom. The zero-order chi connectivity index (χ0) is 19.9. The lowest BCUT2D eigenvalue weighted by molar-refractivity contribution is -0.00000596. The summed E-state index contributed by atoms with van der Waals surface area (Å²) in [5, 5.41) is 0. The van der Waals surface area contributed by atoms with Crippen molar-refractivity contribution in [1.82, 2.24) is 27.6 Å². The molecule has 0 aromatic carbocycles. The van der Waals surface area contributed by atoms with E-state index in [1.807, 2.05) is 78.1 Å². The molecule has 0 N–H and O–H groups in total. The zero-order valence-electron chi connectivity index (χ0n) is 18.3. The molecule has 11 heteroatoms. The molecular weight excluding hydrogens is 374 g/mol. The van der Waals surface area contributed by atoms with E-state index in [1.54, 1.807) is 21.1 Å². The number of guanidine groups is 3. The quantitative estimate of drug-likeness (QED) is 0.278. The van der Waals surface area contributed by atoms with Crippen LogP contribution in [0.4, 0.5) is 0 Å². The fourth-order valence-corrected chi connectivity index (χ4v) is 4.91. The minimum absolute atomic E-state index is 0. The van der Waals surface area contributed by atoms with Crippen LogP contribution in [0.5, 0.6) is 0 Å². The molecule has 0 aromatic heterocycles. The van der Waals surface area contributed by atoms with Gasteiger partial charge in [-0.3, -0.25) is 15.0 Å². The van der Waals surface area contributed by atoms with E-state index in [1.165, 1.54) is 0 Å². The molecule has 0 bridgehead atoms. The highest BCUT2D eigenvalue weighted by molar-refractivity contribution is 7.91. The Hall–Kier alpha value is -1.55. The molecule has 0 atom stereocenters. The van der Waals surface area contributed by atoms with Crippen LogP contribution in [0.1, 0.15) is 0 Å². The molecule has 0 unspecified atom stereocenters. The van der Waals surface area contributed by atoms with E-state index in [-0.39, 0.29) is 12.4 Å². The van der Waals surface area contributed by atoms with Crippen LogP contribution in [-0.4, -0.2) is 130 Å². The third kappa shape index (κ3) is 6.31. The minimum atomic E-state index is -0.528. The van der Waals surface area contributed by atoms with Crippen molar-refractivity contribution in [2.75, 3.05) is 84.6 Å². The fraction of sp³-hybridized carbons (Fsp3) is 0.800. The normalized spacial score (nSPS) is 13.6. The molecule has 26 heavy (non-hydrogen) atoms. The van der Waals surface area contributed by atoms with E-state index in [2.05, 4.69) is 27.9 Å². The maximum absolute atomic E-state index is 4.45. The van der Waals surface area contributed by atoms with Gasteiger partial charge in [-0.2, -0.15) is 0 Å². The van der Waals surface area contributed by atoms with Crippen LogP contribution in [0.3, 0.4) is 0 Å². The lowest BCUT2D eigenvalue weighted by Gasteiger charge is -2.34. The molecular formula is C15H36ClN9S. The SMILES string of the molecule is CN=C(N(C)C)N(C)[S+](N(C)C(=NC)N(C)C)N(C)C(=NC)N(C)C.[Cl-]. The first kappa shape index (κ1) is 26.7. The van der Waals surface area contributed by atoms with Gasteiger partial charge in [0.2, 0.25) is 17.9 Å². The van der Waals surface area contributed by atoms with E-state index >= 15 is 0 Å². The van der Waals surface area contributed by atoms with Crippen molar-refractivity contribution in [1.29, 1.82) is 0 Å². The lowest BCUT2D eigenvalue weighted by atomic mass is 10.8. The Kier molecular flexibility index (Phi) is 12.3. The molecule has 0 spiro atoms. The van der Waals surface area contributed by atoms with E-state index in [9.17, 15) is 0 Å². The number of nitrogens with zero attached hydrogens (tertiary/aromatic N) is 9. The topological polar surface area (TPSA) is 56.5 Å². The Bertz CT molecular complexity index is 434. The van der Waals surface area contributed by atoms with Crippen molar-refractivity contribution in [2.24, 2.45) is 15.0 Å². The highest BCUT2D eigenvalue weighted by atomic mass is 35.5. The van der Waals surface area contributed by atoms with Crippen molar-refractivity contribution in [2.45, 2.75) is 0 Å². The maximum atomic E-state index is 4.45. The Balaban J connectivity index is 0. The van der Waals surface area contributed by atoms with Gasteiger partial charge >= 0.3 is 11.5 Å². The number of aliphatic imine (C=N–C) groups is 3. The molecule has 0 aliphatic carbocycles. The molecule has 0 radical (unpaired) electrons. The molecule has 0 aliphatic heterocycles. The predicted octanol–water partition coefficient (Wildman–Crippen LogP) is -3.21. The second-order valence-electron chi connectivity index (χ2n) is 5.99. The van der Waals surface area contributed by atoms with Crippen LogP contribution in [0, 0.1) is 0 Å². The van der Waals surface area contributed by atoms with Crippen LogP contribution in [-0.2, 0) is 11.5 Å². The van der Waals surface area contributed by atoms with Crippen LogP contribution in [0.15, 0.2) is 15.0 Å². The van der Waals surface area contributed by atoms with Gasteiger partial charge in [0, 0.05) is 63.4 Å². The average Bonchev–Trinajstić information content (AvgIpc) is 2.48. The minimum Gasteiger partial charge on any atom is -1.00 e. The summed E-state index contributed by atoms with van der Waals surface area (Å²) < 4.78 is 6.38. The fourth-order valence-electron chi connectivity index (χ4n) is 2.64. The summed E-state index contributed by atoms with van der Waals surface area (Å²) >= 11 is -0.528. The predicted molar refractivity (Wildman–Crippen MR) is 112 cm³/mol. The first-order chi connectivity index (χ1) is 11.5. The van der Waals surface area contributed by atoms with Gasteiger partial charge in [-0.15, -0.1) is 12.9 Å². The Labute approximate surface area is 169 Å². The van der Waals surface area contributed by atoms with E-state index in [0.29, 0.717) is 0 Å². The molecule has 0 fully saturated rings. The lowest BCUT2D eigenvalue weighted by Crippen LogP contribution is -3.00. The molecule has 0 saturated carbocycles. The molecule has 0 aliphatic rings. The molecule has 0 rings (SSSR count). The van der Waals surface area contributed by atoms with Gasteiger partial charge in [0.15, 0.2) is 0 Å². The molecule has 0 aromatic rings. The maximum Gasteiger partial charge on any atom is 0.361 e.